The minimum atomic E-state index is -2.25. The number of amides is 5. The average Bonchev–Trinajstić information content (AvgIpc) is 3.01. The molecule has 2 aliphatic rings. The molecule has 0 aromatic carbocycles. The number of aliphatic carboxylic acids is 2. The van der Waals surface area contributed by atoms with Crippen LogP contribution in [0.15, 0.2) is 0 Å². The maximum atomic E-state index is 12.7. The number of nitrogens with one attached hydrogen (secondary N) is 5. The SMILES string of the molecule is CC(=O)N[C@@H]1[C@H](O[C@@H]([C@@H](O)[C@H](O)CO)[C@H](CO)NC(C)=O)O[C@@H](C(=O)O)[C@@H](O[C@@H]2O[C@H](C(=O)O)[C@@H](O)[C@H](NC(C)=O)[C@@H]2NC(C)=O)[C@@H]1NC(C)=O. The van der Waals surface area contributed by atoms with Gasteiger partial charge in [0, 0.05) is 34.6 Å². The number of hydrogen-bond acceptors (Lipinski definition) is 16. The monoisotopic (exact) mass is 739 g/mol. The molecule has 0 saturated carbocycles. The van der Waals surface area contributed by atoms with Crippen molar-refractivity contribution in [2.24, 2.45) is 0 Å². The van der Waals surface area contributed by atoms with E-state index in [9.17, 15) is 69.3 Å². The summed E-state index contributed by atoms with van der Waals surface area (Å²) in [6, 6.07) is -8.18. The van der Waals surface area contributed by atoms with E-state index in [1.807, 2.05) is 0 Å². The molecule has 2 rings (SSSR count). The van der Waals surface area contributed by atoms with Gasteiger partial charge in [-0.15, -0.1) is 0 Å². The van der Waals surface area contributed by atoms with Crippen LogP contribution in [-0.2, 0) is 52.5 Å². The minimum absolute atomic E-state index is 0.757. The van der Waals surface area contributed by atoms with Gasteiger partial charge >= 0.3 is 11.9 Å². The number of carboxylic acid groups (broad SMARTS) is 2. The molecule has 23 heteroatoms. The third kappa shape index (κ3) is 11.5. The molecule has 2 aliphatic heterocycles. The standard InChI is InChI=1S/C28H45N5O18/c1-8(36)29-13(6-34)21(19(42)14(41)7-35)48-28-18(33-12(5)40)16(31-10(3)38)22(24(51-28)26(46)47)49-27-17(32-11(4)39)15(30-9(2)37)20(43)23(50-27)25(44)45/h13-24,27-28,34-35,41-43H,6-7H2,1-5H3,(H,29,36)(H,30,37)(H,31,38)(H,32,39)(H,33,40)(H,44,45)(H,46,47)/t13-,14+,15+,16+,17-,18-,19-,20-,21+,22-,23-,24+,27+,28+/m0/s1. The van der Waals surface area contributed by atoms with Gasteiger partial charge in [0.15, 0.2) is 24.8 Å². The normalized spacial score (nSPS) is 31.5. The first-order valence-electron chi connectivity index (χ1n) is 15.4. The quantitative estimate of drug-likeness (QED) is 0.0699. The Hall–Kier alpha value is -4.07. The molecule has 2 heterocycles. The summed E-state index contributed by atoms with van der Waals surface area (Å²) in [6.07, 6.45) is -18.3. The second kappa shape index (κ2) is 19.0. The van der Waals surface area contributed by atoms with Gasteiger partial charge in [0.25, 0.3) is 0 Å². The molecule has 290 valence electrons. The first-order valence-corrected chi connectivity index (χ1v) is 15.4. The fourth-order valence-electron chi connectivity index (χ4n) is 5.68. The Balaban J connectivity index is 2.75. The molecule has 0 aromatic heterocycles. The molecular weight excluding hydrogens is 694 g/mol. The van der Waals surface area contributed by atoms with Gasteiger partial charge in [-0.3, -0.25) is 24.0 Å². The molecule has 2 saturated heterocycles. The third-order valence-electron chi connectivity index (χ3n) is 7.70. The topological polar surface area (TPSA) is 358 Å². The second-order valence-corrected chi connectivity index (χ2v) is 11.9. The van der Waals surface area contributed by atoms with Gasteiger partial charge in [-0.05, 0) is 0 Å². The molecular formula is C28H45N5O18. The maximum absolute atomic E-state index is 12.7. The first kappa shape index (κ1) is 43.1. The zero-order valence-electron chi connectivity index (χ0n) is 28.1. The Labute approximate surface area is 289 Å². The molecule has 23 nitrogen and oxygen atoms in total. The number of carboxylic acids is 2. The Bertz CT molecular complexity index is 1290. The molecule has 2 fully saturated rings. The smallest absolute Gasteiger partial charge is 0.335 e. The highest BCUT2D eigenvalue weighted by Gasteiger charge is 2.56. The van der Waals surface area contributed by atoms with Crippen LogP contribution >= 0.6 is 0 Å². The van der Waals surface area contributed by atoms with Gasteiger partial charge in [-0.2, -0.15) is 0 Å². The van der Waals surface area contributed by atoms with Gasteiger partial charge in [-0.25, -0.2) is 9.59 Å². The summed E-state index contributed by atoms with van der Waals surface area (Å²) in [6.45, 7) is 3.08. The van der Waals surface area contributed by atoms with Crippen LogP contribution in [0, 0.1) is 0 Å². The highest BCUT2D eigenvalue weighted by Crippen LogP contribution is 2.31. The van der Waals surface area contributed by atoms with Gasteiger partial charge in [0.2, 0.25) is 29.5 Å². The summed E-state index contributed by atoms with van der Waals surface area (Å²) in [5.41, 5.74) is 0. The Morgan fingerprint density at radius 3 is 1.53 bits per heavy atom. The lowest BCUT2D eigenvalue weighted by Crippen LogP contribution is -2.74. The molecule has 0 radical (unpaired) electrons. The van der Waals surface area contributed by atoms with E-state index in [0.29, 0.717) is 0 Å². The van der Waals surface area contributed by atoms with Crippen molar-refractivity contribution in [3.8, 4) is 0 Å². The van der Waals surface area contributed by atoms with Gasteiger partial charge < -0.3 is 81.3 Å². The van der Waals surface area contributed by atoms with Crippen LogP contribution in [0.4, 0.5) is 0 Å². The van der Waals surface area contributed by atoms with Crippen molar-refractivity contribution in [1.29, 1.82) is 0 Å². The summed E-state index contributed by atoms with van der Waals surface area (Å²) in [5.74, 6) is -7.60. The average molecular weight is 740 g/mol. The highest BCUT2D eigenvalue weighted by molar-refractivity contribution is 5.78. The van der Waals surface area contributed by atoms with Gasteiger partial charge in [0.05, 0.1) is 31.3 Å². The number of carbonyl (C=O) groups is 7. The number of ether oxygens (including phenoxy) is 4. The number of rotatable bonds is 16. The van der Waals surface area contributed by atoms with Crippen LogP contribution in [-0.4, -0.2) is 176 Å². The number of aliphatic hydroxyl groups is 5. The van der Waals surface area contributed by atoms with E-state index in [1.54, 1.807) is 0 Å². The largest absolute Gasteiger partial charge is 0.479 e. The van der Waals surface area contributed by atoms with Crippen LogP contribution in [0.2, 0.25) is 0 Å². The van der Waals surface area contributed by atoms with Crippen molar-refractivity contribution in [2.75, 3.05) is 13.2 Å². The van der Waals surface area contributed by atoms with Crippen LogP contribution in [0.25, 0.3) is 0 Å². The minimum Gasteiger partial charge on any atom is -0.479 e. The summed E-state index contributed by atoms with van der Waals surface area (Å²) >= 11 is 0. The van der Waals surface area contributed by atoms with E-state index in [0.717, 1.165) is 34.6 Å². The lowest BCUT2D eigenvalue weighted by Gasteiger charge is -2.50. The van der Waals surface area contributed by atoms with Crippen molar-refractivity contribution < 1.29 is 88.3 Å². The Kier molecular flexibility index (Phi) is 16.0. The Morgan fingerprint density at radius 2 is 1.10 bits per heavy atom. The van der Waals surface area contributed by atoms with Crippen LogP contribution in [0.3, 0.4) is 0 Å². The van der Waals surface area contributed by atoms with E-state index in [-0.39, 0.29) is 0 Å². The molecule has 0 unspecified atom stereocenters. The van der Waals surface area contributed by atoms with Crippen LogP contribution in [0.1, 0.15) is 34.6 Å². The zero-order chi connectivity index (χ0) is 38.9. The number of carbonyl (C=O) groups excluding carboxylic acids is 5. The van der Waals surface area contributed by atoms with E-state index in [4.69, 9.17) is 18.9 Å². The fourth-order valence-corrected chi connectivity index (χ4v) is 5.68. The fraction of sp³-hybridized carbons (Fsp3) is 0.750. The first-order chi connectivity index (χ1) is 23.7. The highest BCUT2D eigenvalue weighted by atomic mass is 16.7. The van der Waals surface area contributed by atoms with E-state index >= 15 is 0 Å². The zero-order valence-corrected chi connectivity index (χ0v) is 28.1. The van der Waals surface area contributed by atoms with Crippen molar-refractivity contribution in [1.82, 2.24) is 26.6 Å². The predicted molar refractivity (Wildman–Crippen MR) is 163 cm³/mol. The van der Waals surface area contributed by atoms with Crippen LogP contribution in [0.5, 0.6) is 0 Å². The van der Waals surface area contributed by atoms with E-state index < -0.39 is 140 Å². The van der Waals surface area contributed by atoms with E-state index in [1.165, 1.54) is 0 Å². The third-order valence-corrected chi connectivity index (χ3v) is 7.70. The lowest BCUT2D eigenvalue weighted by molar-refractivity contribution is -0.312. The molecule has 5 amide bonds. The summed E-state index contributed by atoms with van der Waals surface area (Å²) in [7, 11) is 0. The maximum Gasteiger partial charge on any atom is 0.335 e. The molecule has 51 heavy (non-hydrogen) atoms. The molecule has 0 aromatic rings. The molecule has 12 N–H and O–H groups in total. The molecule has 0 bridgehead atoms. The van der Waals surface area contributed by atoms with Gasteiger partial charge in [0.1, 0.15) is 42.6 Å². The van der Waals surface area contributed by atoms with Crippen molar-refractivity contribution in [3.05, 3.63) is 0 Å². The number of aliphatic hydroxyl groups excluding tert-OH is 5. The summed E-state index contributed by atoms with van der Waals surface area (Å²) < 4.78 is 22.9. The number of hydrogen-bond donors (Lipinski definition) is 12. The molecule has 0 aliphatic carbocycles. The van der Waals surface area contributed by atoms with Gasteiger partial charge in [-0.1, -0.05) is 0 Å². The second-order valence-electron chi connectivity index (χ2n) is 11.9. The lowest BCUT2D eigenvalue weighted by atomic mass is 9.91. The van der Waals surface area contributed by atoms with Crippen molar-refractivity contribution in [2.45, 2.75) is 120 Å². The summed E-state index contributed by atoms with van der Waals surface area (Å²) in [5, 5.41) is 83.1. The molecule has 14 atom stereocenters. The van der Waals surface area contributed by atoms with Crippen molar-refractivity contribution in [3.63, 3.8) is 0 Å². The van der Waals surface area contributed by atoms with E-state index in [2.05, 4.69) is 26.6 Å². The Morgan fingerprint density at radius 1 is 0.647 bits per heavy atom. The predicted octanol–water partition coefficient (Wildman–Crippen LogP) is -7.03. The van der Waals surface area contributed by atoms with Crippen LogP contribution < -0.4 is 26.6 Å². The molecule has 0 spiro atoms. The summed E-state index contributed by atoms with van der Waals surface area (Å²) in [4.78, 5) is 85.9. The van der Waals surface area contributed by atoms with Crippen molar-refractivity contribution >= 4 is 41.5 Å².